The van der Waals surface area contributed by atoms with E-state index in [1.165, 1.54) is 13.8 Å². The molecule has 6 rings (SSSR count). The van der Waals surface area contributed by atoms with Crippen molar-refractivity contribution in [3.05, 3.63) is 0 Å². The molecule has 0 saturated carbocycles. The average molecular weight is 1040 g/mol. The summed E-state index contributed by atoms with van der Waals surface area (Å²) in [5.74, 6) is -1.64. The zero-order valence-corrected chi connectivity index (χ0v) is 38.6. The highest BCUT2D eigenvalue weighted by molar-refractivity contribution is 5.73. The van der Waals surface area contributed by atoms with Crippen LogP contribution in [0.15, 0.2) is 0 Å². The topological polar surface area (TPSA) is 483 Å². The summed E-state index contributed by atoms with van der Waals surface area (Å²) >= 11 is 0. The standard InChI is InChI=1S/C40H68N2O29/c1-9-19(48)24(53)27(56)37(62-9)61-8-16-32(33(18(35(60)64-16)42-12(4)47)70-38-28(57)25(54)20(49)10(2)63-38)69-36-17(41-11(3)46)23(52)31(15(7-45)67-36)68-40-30(59)34(22(51)14(6-44)66-40)71-39-29(58)26(55)21(50)13(5-43)65-39/h9-10,13-40,43-45,48-60H,5-8H2,1-4H3,(H,41,46)(H,42,47)/t9-,10-,13+,14+,15+,16+,17+,18+,19+,20+,21+,22+,23+,24+,25+,26-,27-,28-,29-,30-,31+,32+,33+,34-,35+,36-,37+,38+,39+,40-/m0/s1. The normalized spacial score (nSPS) is 50.8. The highest BCUT2D eigenvalue weighted by atomic mass is 16.8. The van der Waals surface area contributed by atoms with Crippen molar-refractivity contribution in [1.82, 2.24) is 10.6 Å². The Hall–Kier alpha value is -2.14. The molecule has 412 valence electrons. The average Bonchev–Trinajstić information content (AvgIpc) is 3.32. The van der Waals surface area contributed by atoms with Gasteiger partial charge in [0, 0.05) is 13.8 Å². The number of aliphatic hydroxyl groups excluding tert-OH is 16. The molecule has 6 aliphatic rings. The number of aliphatic hydroxyl groups is 16. The Balaban J connectivity index is 1.31. The second kappa shape index (κ2) is 24.7. The minimum absolute atomic E-state index is 0.784. The molecule has 0 aliphatic carbocycles. The van der Waals surface area contributed by atoms with Crippen LogP contribution in [-0.4, -0.2) is 304 Å². The lowest BCUT2D eigenvalue weighted by Crippen LogP contribution is -2.71. The van der Waals surface area contributed by atoms with Crippen LogP contribution in [0.2, 0.25) is 0 Å². The number of carbonyl (C=O) groups excluding carboxylic acids is 2. The summed E-state index contributed by atoms with van der Waals surface area (Å²) in [4.78, 5) is 25.4. The molecule has 30 atom stereocenters. The van der Waals surface area contributed by atoms with Gasteiger partial charge in [0.1, 0.15) is 134 Å². The van der Waals surface area contributed by atoms with Crippen molar-refractivity contribution < 1.29 is 143 Å². The van der Waals surface area contributed by atoms with Crippen LogP contribution in [0.25, 0.3) is 0 Å². The van der Waals surface area contributed by atoms with Gasteiger partial charge in [-0.3, -0.25) is 9.59 Å². The highest BCUT2D eigenvalue weighted by Crippen LogP contribution is 2.37. The van der Waals surface area contributed by atoms with Crippen LogP contribution in [0, 0.1) is 0 Å². The lowest BCUT2D eigenvalue weighted by Gasteiger charge is -2.51. The third kappa shape index (κ3) is 12.6. The van der Waals surface area contributed by atoms with Gasteiger partial charge in [0.2, 0.25) is 11.8 Å². The molecule has 71 heavy (non-hydrogen) atoms. The van der Waals surface area contributed by atoms with E-state index in [-0.39, 0.29) is 0 Å². The van der Waals surface area contributed by atoms with E-state index in [4.69, 9.17) is 52.1 Å². The van der Waals surface area contributed by atoms with Crippen LogP contribution in [0.3, 0.4) is 0 Å². The van der Waals surface area contributed by atoms with Crippen molar-refractivity contribution in [2.45, 2.75) is 212 Å². The van der Waals surface area contributed by atoms with Gasteiger partial charge >= 0.3 is 0 Å². The molecule has 6 heterocycles. The van der Waals surface area contributed by atoms with E-state index in [1.54, 1.807) is 0 Å². The molecular formula is C40H68N2O29. The summed E-state index contributed by atoms with van der Waals surface area (Å²) in [5.41, 5.74) is 0. The molecule has 31 heteroatoms. The van der Waals surface area contributed by atoms with E-state index in [1.807, 2.05) is 0 Å². The first kappa shape index (κ1) is 58.1. The summed E-state index contributed by atoms with van der Waals surface area (Å²) in [6.45, 7) is 1.07. The Morgan fingerprint density at radius 1 is 0.394 bits per heavy atom. The zero-order chi connectivity index (χ0) is 52.5. The molecule has 2 amide bonds. The largest absolute Gasteiger partial charge is 0.394 e. The maximum Gasteiger partial charge on any atom is 0.217 e. The number of nitrogens with one attached hydrogen (secondary N) is 2. The Morgan fingerprint density at radius 2 is 0.817 bits per heavy atom. The first-order chi connectivity index (χ1) is 33.4. The second-order valence-corrected chi connectivity index (χ2v) is 18.2. The maximum atomic E-state index is 12.8. The third-order valence-electron chi connectivity index (χ3n) is 13.1. The predicted molar refractivity (Wildman–Crippen MR) is 220 cm³/mol. The van der Waals surface area contributed by atoms with E-state index >= 15 is 0 Å². The third-order valence-corrected chi connectivity index (χ3v) is 13.1. The number of carbonyl (C=O) groups is 2. The van der Waals surface area contributed by atoms with Gasteiger partial charge in [-0.05, 0) is 13.8 Å². The van der Waals surface area contributed by atoms with E-state index in [9.17, 15) is 91.3 Å². The van der Waals surface area contributed by atoms with Gasteiger partial charge in [-0.15, -0.1) is 0 Å². The fourth-order valence-electron chi connectivity index (χ4n) is 9.10. The zero-order valence-electron chi connectivity index (χ0n) is 38.6. The highest BCUT2D eigenvalue weighted by Gasteiger charge is 2.58. The van der Waals surface area contributed by atoms with Gasteiger partial charge in [-0.2, -0.15) is 0 Å². The van der Waals surface area contributed by atoms with Crippen molar-refractivity contribution >= 4 is 11.8 Å². The van der Waals surface area contributed by atoms with Crippen LogP contribution >= 0.6 is 0 Å². The van der Waals surface area contributed by atoms with Crippen LogP contribution in [-0.2, 0) is 61.7 Å². The van der Waals surface area contributed by atoms with Crippen LogP contribution in [0.4, 0.5) is 0 Å². The molecule has 6 aliphatic heterocycles. The molecule has 6 saturated heterocycles. The summed E-state index contributed by atoms with van der Waals surface area (Å²) in [5, 5.41) is 176. The Bertz CT molecular complexity index is 1710. The van der Waals surface area contributed by atoms with Gasteiger partial charge < -0.3 is 144 Å². The van der Waals surface area contributed by atoms with Gasteiger partial charge in [-0.25, -0.2) is 0 Å². The molecule has 0 aromatic rings. The number of amides is 2. The summed E-state index contributed by atoms with van der Waals surface area (Å²) < 4.78 is 64.0. The van der Waals surface area contributed by atoms with Gasteiger partial charge in [0.25, 0.3) is 0 Å². The van der Waals surface area contributed by atoms with Crippen LogP contribution in [0.5, 0.6) is 0 Å². The minimum Gasteiger partial charge on any atom is -0.394 e. The number of hydrogen-bond donors (Lipinski definition) is 18. The number of ether oxygens (including phenoxy) is 11. The number of rotatable bonds is 16. The summed E-state index contributed by atoms with van der Waals surface area (Å²) in [7, 11) is 0. The van der Waals surface area contributed by atoms with Crippen molar-refractivity contribution in [2.75, 3.05) is 26.4 Å². The number of hydrogen-bond acceptors (Lipinski definition) is 29. The second-order valence-electron chi connectivity index (χ2n) is 18.2. The summed E-state index contributed by atoms with van der Waals surface area (Å²) in [6, 6.07) is -3.49. The van der Waals surface area contributed by atoms with E-state index < -0.39 is 222 Å². The molecule has 0 unspecified atom stereocenters. The molecule has 0 bridgehead atoms. The SMILES string of the molecule is CC(=O)N[C@@H]1[C@@H](O[C@H]2O[C@@H](C)[C@@H](O)[C@@H](O)[C@@H]2O)[C@H](O[C@@H]2O[C@H](CO)[C@@H](O[C@@H]3O[C@H](CO)[C@@H](O)[C@H](O[C@H]4O[C@H](CO)[C@@H](O)[C@H](O)[C@@H]4O)[C@@H]3O)[C@H](O)[C@H]2NC(C)=O)[C@@H](CO[C@@H]2O[C@@H](C)[C@@H](O)[C@@H](O)[C@@H]2O)O[C@H]1O. The lowest BCUT2D eigenvalue weighted by atomic mass is 9.93. The van der Waals surface area contributed by atoms with Crippen molar-refractivity contribution in [1.29, 1.82) is 0 Å². The van der Waals surface area contributed by atoms with E-state index in [0.717, 1.165) is 13.8 Å². The van der Waals surface area contributed by atoms with Gasteiger partial charge in [0.05, 0.1) is 38.6 Å². The quantitative estimate of drug-likeness (QED) is 0.0682. The van der Waals surface area contributed by atoms with Crippen molar-refractivity contribution in [3.63, 3.8) is 0 Å². The summed E-state index contributed by atoms with van der Waals surface area (Å²) in [6.07, 6.45) is -50.5. The van der Waals surface area contributed by atoms with Gasteiger partial charge in [-0.1, -0.05) is 0 Å². The molecule has 18 N–H and O–H groups in total. The smallest absolute Gasteiger partial charge is 0.217 e. The molecule has 31 nitrogen and oxygen atoms in total. The first-order valence-corrected chi connectivity index (χ1v) is 22.8. The molecular weight excluding hydrogens is 972 g/mol. The molecule has 6 fully saturated rings. The molecule has 0 radical (unpaired) electrons. The van der Waals surface area contributed by atoms with E-state index in [0.29, 0.717) is 0 Å². The first-order valence-electron chi connectivity index (χ1n) is 22.8. The monoisotopic (exact) mass is 1040 g/mol. The van der Waals surface area contributed by atoms with Crippen molar-refractivity contribution in [3.8, 4) is 0 Å². The maximum absolute atomic E-state index is 12.8. The Labute approximate surface area is 403 Å². The van der Waals surface area contributed by atoms with Crippen molar-refractivity contribution in [2.24, 2.45) is 0 Å². The predicted octanol–water partition coefficient (Wildman–Crippen LogP) is -11.8. The van der Waals surface area contributed by atoms with Crippen LogP contribution in [0.1, 0.15) is 27.7 Å². The molecule has 0 aromatic carbocycles. The minimum atomic E-state index is -2.14. The van der Waals surface area contributed by atoms with Crippen LogP contribution < -0.4 is 10.6 Å². The Kier molecular flexibility index (Phi) is 20.2. The van der Waals surface area contributed by atoms with Gasteiger partial charge in [0.15, 0.2) is 37.7 Å². The molecule has 0 spiro atoms. The fraction of sp³-hybridized carbons (Fsp3) is 0.950. The van der Waals surface area contributed by atoms with E-state index in [2.05, 4.69) is 10.6 Å². The molecule has 0 aromatic heterocycles. The fourth-order valence-corrected chi connectivity index (χ4v) is 9.10. The Morgan fingerprint density at radius 3 is 1.37 bits per heavy atom. The lowest BCUT2D eigenvalue weighted by molar-refractivity contribution is -0.385.